The molecule has 1 aromatic carbocycles. The van der Waals surface area contributed by atoms with Crippen molar-refractivity contribution in [1.82, 2.24) is 9.97 Å². The van der Waals surface area contributed by atoms with Crippen LogP contribution < -0.4 is 10.1 Å². The van der Waals surface area contributed by atoms with Crippen LogP contribution in [0.15, 0.2) is 30.7 Å². The third kappa shape index (κ3) is 2.31. The number of halogens is 1. The van der Waals surface area contributed by atoms with Gasteiger partial charge in [0.2, 0.25) is 0 Å². The van der Waals surface area contributed by atoms with E-state index >= 15 is 0 Å². The van der Waals surface area contributed by atoms with Crippen LogP contribution in [0.3, 0.4) is 0 Å². The number of imidazole rings is 1. The Kier molecular flexibility index (Phi) is 3.05. The zero-order valence-corrected chi connectivity index (χ0v) is 8.83. The second-order valence-electron chi connectivity index (χ2n) is 3.28. The quantitative estimate of drug-likeness (QED) is 0.831. The van der Waals surface area contributed by atoms with Crippen LogP contribution in [0.4, 0.5) is 10.1 Å². The van der Waals surface area contributed by atoms with Gasteiger partial charge >= 0.3 is 0 Å². The van der Waals surface area contributed by atoms with E-state index in [1.807, 2.05) is 0 Å². The van der Waals surface area contributed by atoms with Gasteiger partial charge in [0.25, 0.3) is 0 Å². The Hall–Kier alpha value is -2.04. The van der Waals surface area contributed by atoms with E-state index in [0.29, 0.717) is 18.0 Å². The highest BCUT2D eigenvalue weighted by molar-refractivity contribution is 5.49. The molecule has 0 fully saturated rings. The van der Waals surface area contributed by atoms with Crippen molar-refractivity contribution in [1.29, 1.82) is 0 Å². The summed E-state index contributed by atoms with van der Waals surface area (Å²) in [4.78, 5) is 6.80. The largest absolute Gasteiger partial charge is 0.497 e. The van der Waals surface area contributed by atoms with Crippen LogP contribution in [0, 0.1) is 5.82 Å². The normalized spacial score (nSPS) is 10.1. The summed E-state index contributed by atoms with van der Waals surface area (Å²) in [5.41, 5.74) is 1.30. The molecular weight excluding hydrogens is 209 g/mol. The molecule has 4 nitrogen and oxygen atoms in total. The van der Waals surface area contributed by atoms with Crippen LogP contribution in [0.25, 0.3) is 0 Å². The summed E-state index contributed by atoms with van der Waals surface area (Å²) in [6.07, 6.45) is 3.27. The number of hydrogen-bond donors (Lipinski definition) is 2. The molecule has 0 saturated carbocycles. The molecule has 0 amide bonds. The fourth-order valence-corrected chi connectivity index (χ4v) is 1.34. The number of H-pyrrole nitrogens is 1. The van der Waals surface area contributed by atoms with Gasteiger partial charge in [0.1, 0.15) is 11.6 Å². The van der Waals surface area contributed by atoms with E-state index in [9.17, 15) is 4.39 Å². The number of aromatic nitrogens is 2. The van der Waals surface area contributed by atoms with Gasteiger partial charge in [0, 0.05) is 12.3 Å². The maximum Gasteiger partial charge on any atom is 0.146 e. The Morgan fingerprint density at radius 2 is 2.38 bits per heavy atom. The number of hydrogen-bond acceptors (Lipinski definition) is 3. The molecule has 2 rings (SSSR count). The monoisotopic (exact) mass is 221 g/mol. The molecule has 0 bridgehead atoms. The van der Waals surface area contributed by atoms with Gasteiger partial charge in [-0.1, -0.05) is 0 Å². The summed E-state index contributed by atoms with van der Waals surface area (Å²) < 4.78 is 18.4. The van der Waals surface area contributed by atoms with Crippen LogP contribution in [-0.2, 0) is 6.54 Å². The van der Waals surface area contributed by atoms with E-state index in [4.69, 9.17) is 4.74 Å². The Labute approximate surface area is 92.5 Å². The Morgan fingerprint density at radius 1 is 1.50 bits per heavy atom. The lowest BCUT2D eigenvalue weighted by Gasteiger charge is -2.08. The SMILES string of the molecule is COc1ccc(F)c(NCc2cnc[nH]2)c1. The second-order valence-corrected chi connectivity index (χ2v) is 3.28. The number of nitrogens with one attached hydrogen (secondary N) is 2. The van der Waals surface area contributed by atoms with Crippen molar-refractivity contribution >= 4 is 5.69 Å². The molecule has 0 radical (unpaired) electrons. The van der Waals surface area contributed by atoms with Crippen molar-refractivity contribution in [2.75, 3.05) is 12.4 Å². The van der Waals surface area contributed by atoms with Crippen LogP contribution >= 0.6 is 0 Å². The number of benzene rings is 1. The summed E-state index contributed by atoms with van der Waals surface area (Å²) in [6, 6.07) is 4.57. The zero-order valence-electron chi connectivity index (χ0n) is 8.83. The maximum atomic E-state index is 13.4. The predicted molar refractivity (Wildman–Crippen MR) is 58.9 cm³/mol. The van der Waals surface area contributed by atoms with E-state index in [-0.39, 0.29) is 5.82 Å². The van der Waals surface area contributed by atoms with Crippen molar-refractivity contribution in [3.05, 3.63) is 42.2 Å². The van der Waals surface area contributed by atoms with E-state index in [2.05, 4.69) is 15.3 Å². The van der Waals surface area contributed by atoms with Gasteiger partial charge in [0.05, 0.1) is 31.4 Å². The fraction of sp³-hybridized carbons (Fsp3) is 0.182. The average molecular weight is 221 g/mol. The van der Waals surface area contributed by atoms with Gasteiger partial charge in [-0.05, 0) is 12.1 Å². The molecule has 84 valence electrons. The number of aromatic amines is 1. The maximum absolute atomic E-state index is 13.4. The smallest absolute Gasteiger partial charge is 0.146 e. The number of nitrogens with zero attached hydrogens (tertiary/aromatic N) is 1. The molecule has 2 N–H and O–H groups in total. The lowest BCUT2D eigenvalue weighted by molar-refractivity contribution is 0.414. The van der Waals surface area contributed by atoms with Crippen LogP contribution in [0.1, 0.15) is 5.69 Å². The zero-order chi connectivity index (χ0) is 11.4. The number of anilines is 1. The summed E-state index contributed by atoms with van der Waals surface area (Å²) in [5.74, 6) is 0.314. The van der Waals surface area contributed by atoms with Gasteiger partial charge in [-0.25, -0.2) is 9.37 Å². The lowest BCUT2D eigenvalue weighted by atomic mass is 10.3. The number of methoxy groups -OCH3 is 1. The minimum Gasteiger partial charge on any atom is -0.497 e. The lowest BCUT2D eigenvalue weighted by Crippen LogP contribution is -2.02. The van der Waals surface area contributed by atoms with E-state index in [0.717, 1.165) is 5.69 Å². The Balaban J connectivity index is 2.08. The van der Waals surface area contributed by atoms with Gasteiger partial charge in [-0.15, -0.1) is 0 Å². The summed E-state index contributed by atoms with van der Waals surface area (Å²) in [6.45, 7) is 0.490. The molecule has 0 spiro atoms. The van der Waals surface area contributed by atoms with Gasteiger partial charge in [-0.2, -0.15) is 0 Å². The first-order chi connectivity index (χ1) is 7.79. The highest BCUT2D eigenvalue weighted by atomic mass is 19.1. The number of rotatable bonds is 4. The van der Waals surface area contributed by atoms with Crippen LogP contribution in [0.2, 0.25) is 0 Å². The molecule has 0 aliphatic carbocycles. The van der Waals surface area contributed by atoms with Crippen molar-refractivity contribution in [3.63, 3.8) is 0 Å². The topological polar surface area (TPSA) is 49.9 Å². The molecule has 2 aromatic rings. The van der Waals surface area contributed by atoms with E-state index in [1.165, 1.54) is 6.07 Å². The molecule has 0 atom stereocenters. The minimum atomic E-state index is -0.305. The van der Waals surface area contributed by atoms with Gasteiger partial charge in [-0.3, -0.25) is 0 Å². The first kappa shape index (κ1) is 10.5. The first-order valence-corrected chi connectivity index (χ1v) is 4.84. The molecular formula is C11H12FN3O. The standard InChI is InChI=1S/C11H12FN3O/c1-16-9-2-3-10(12)11(4-9)14-6-8-5-13-7-15-8/h2-5,7,14H,6H2,1H3,(H,13,15). The van der Waals surface area contributed by atoms with Crippen molar-refractivity contribution < 1.29 is 9.13 Å². The van der Waals surface area contributed by atoms with Crippen molar-refractivity contribution in [2.45, 2.75) is 6.54 Å². The summed E-state index contributed by atoms with van der Waals surface area (Å²) in [7, 11) is 1.55. The Morgan fingerprint density at radius 3 is 3.06 bits per heavy atom. The molecule has 0 unspecified atom stereocenters. The number of ether oxygens (including phenoxy) is 1. The molecule has 0 aliphatic rings. The van der Waals surface area contributed by atoms with Gasteiger partial charge < -0.3 is 15.0 Å². The minimum absolute atomic E-state index is 0.305. The molecule has 1 heterocycles. The Bertz CT molecular complexity index is 456. The third-order valence-corrected chi connectivity index (χ3v) is 2.20. The highest BCUT2D eigenvalue weighted by Gasteiger charge is 2.03. The summed E-state index contributed by atoms with van der Waals surface area (Å²) >= 11 is 0. The third-order valence-electron chi connectivity index (χ3n) is 2.20. The van der Waals surface area contributed by atoms with Crippen molar-refractivity contribution in [2.24, 2.45) is 0 Å². The molecule has 0 aliphatic heterocycles. The first-order valence-electron chi connectivity index (χ1n) is 4.84. The van der Waals surface area contributed by atoms with Crippen LogP contribution in [-0.4, -0.2) is 17.1 Å². The second kappa shape index (κ2) is 4.65. The molecule has 16 heavy (non-hydrogen) atoms. The molecule has 0 saturated heterocycles. The average Bonchev–Trinajstić information content (AvgIpc) is 2.81. The van der Waals surface area contributed by atoms with E-state index < -0.39 is 0 Å². The van der Waals surface area contributed by atoms with E-state index in [1.54, 1.807) is 31.8 Å². The molecule has 5 heteroatoms. The fourth-order valence-electron chi connectivity index (χ4n) is 1.34. The van der Waals surface area contributed by atoms with Crippen molar-refractivity contribution in [3.8, 4) is 5.75 Å². The highest BCUT2D eigenvalue weighted by Crippen LogP contribution is 2.21. The predicted octanol–water partition coefficient (Wildman–Crippen LogP) is 2.17. The van der Waals surface area contributed by atoms with Gasteiger partial charge in [0.15, 0.2) is 0 Å². The van der Waals surface area contributed by atoms with Crippen LogP contribution in [0.5, 0.6) is 5.75 Å². The molecule has 1 aromatic heterocycles. The summed E-state index contributed by atoms with van der Waals surface area (Å²) in [5, 5.41) is 2.96.